The molecular formula is C13H24N2O2. The van der Waals surface area contributed by atoms with Crippen LogP contribution in [0.3, 0.4) is 0 Å². The molecule has 0 amide bonds. The lowest BCUT2D eigenvalue weighted by Gasteiger charge is -2.33. The molecule has 0 radical (unpaired) electrons. The fraction of sp³-hybridized carbons (Fsp3) is 0.769. The van der Waals surface area contributed by atoms with Crippen molar-refractivity contribution in [3.8, 4) is 5.75 Å². The highest BCUT2D eigenvalue weighted by atomic mass is 16.5. The molecule has 0 aliphatic carbocycles. The van der Waals surface area contributed by atoms with Gasteiger partial charge in [0.15, 0.2) is 5.75 Å². The van der Waals surface area contributed by atoms with Crippen LogP contribution in [0, 0.1) is 5.92 Å². The molecule has 17 heavy (non-hydrogen) atoms. The van der Waals surface area contributed by atoms with E-state index in [0.717, 1.165) is 5.69 Å². The number of methoxy groups -OCH3 is 1. The highest BCUT2D eigenvalue weighted by Crippen LogP contribution is 2.39. The number of aromatic nitrogens is 2. The lowest BCUT2D eigenvalue weighted by molar-refractivity contribution is -0.0248. The van der Waals surface area contributed by atoms with E-state index in [9.17, 15) is 5.11 Å². The molecule has 1 atom stereocenters. The van der Waals surface area contributed by atoms with Gasteiger partial charge in [-0.05, 0) is 26.2 Å². The Labute approximate surface area is 104 Å². The average Bonchev–Trinajstić information content (AvgIpc) is 2.71. The summed E-state index contributed by atoms with van der Waals surface area (Å²) in [7, 11) is 1.61. The Kier molecular flexibility index (Phi) is 4.20. The summed E-state index contributed by atoms with van der Waals surface area (Å²) in [5.41, 5.74) is -0.112. The zero-order valence-electron chi connectivity index (χ0n) is 11.7. The highest BCUT2D eigenvalue weighted by Gasteiger charge is 2.38. The van der Waals surface area contributed by atoms with Gasteiger partial charge < -0.3 is 9.84 Å². The van der Waals surface area contributed by atoms with Gasteiger partial charge in [-0.25, -0.2) is 0 Å². The first-order chi connectivity index (χ1) is 7.88. The van der Waals surface area contributed by atoms with Crippen LogP contribution in [0.2, 0.25) is 0 Å². The Morgan fingerprint density at radius 1 is 1.41 bits per heavy atom. The maximum absolute atomic E-state index is 10.9. The van der Waals surface area contributed by atoms with E-state index >= 15 is 0 Å². The molecule has 0 aliphatic heterocycles. The highest BCUT2D eigenvalue weighted by molar-refractivity contribution is 5.31. The van der Waals surface area contributed by atoms with Crippen molar-refractivity contribution in [2.45, 2.75) is 52.7 Å². The molecule has 1 aromatic rings. The minimum atomic E-state index is -0.897. The first-order valence-corrected chi connectivity index (χ1v) is 6.22. The van der Waals surface area contributed by atoms with Gasteiger partial charge in [0.25, 0.3) is 0 Å². The molecule has 1 N–H and O–H groups in total. The van der Waals surface area contributed by atoms with Crippen LogP contribution in [0.15, 0.2) is 6.20 Å². The van der Waals surface area contributed by atoms with Gasteiger partial charge in [0.05, 0.1) is 13.3 Å². The summed E-state index contributed by atoms with van der Waals surface area (Å²) in [5, 5.41) is 15.2. The number of nitrogens with zero attached hydrogens (tertiary/aromatic N) is 2. The van der Waals surface area contributed by atoms with Crippen LogP contribution in [-0.2, 0) is 5.60 Å². The van der Waals surface area contributed by atoms with Crippen LogP contribution in [-0.4, -0.2) is 22.0 Å². The molecule has 1 heterocycles. The van der Waals surface area contributed by atoms with Gasteiger partial charge in [-0.2, -0.15) is 5.10 Å². The molecule has 0 saturated heterocycles. The van der Waals surface area contributed by atoms with E-state index in [1.807, 2.05) is 39.3 Å². The zero-order valence-corrected chi connectivity index (χ0v) is 11.7. The van der Waals surface area contributed by atoms with Crippen LogP contribution in [0.25, 0.3) is 0 Å². The fourth-order valence-electron chi connectivity index (χ4n) is 2.15. The molecular weight excluding hydrogens is 216 g/mol. The summed E-state index contributed by atoms with van der Waals surface area (Å²) >= 11 is 0. The standard InChI is InChI=1S/C13H24N2O2/c1-7-13(16,9(2)3)12-11(17-6)8-14-15(12)10(4)5/h8-10,16H,7H2,1-6H3. The first-order valence-electron chi connectivity index (χ1n) is 6.22. The predicted molar refractivity (Wildman–Crippen MR) is 68.2 cm³/mol. The van der Waals surface area contributed by atoms with Crippen LogP contribution in [0.4, 0.5) is 0 Å². The van der Waals surface area contributed by atoms with Crippen LogP contribution >= 0.6 is 0 Å². The summed E-state index contributed by atoms with van der Waals surface area (Å²) in [6, 6.07) is 0.200. The van der Waals surface area contributed by atoms with Gasteiger partial charge in [-0.15, -0.1) is 0 Å². The molecule has 0 saturated carbocycles. The van der Waals surface area contributed by atoms with Gasteiger partial charge in [0.1, 0.15) is 11.3 Å². The molecule has 0 spiro atoms. The maximum Gasteiger partial charge on any atom is 0.162 e. The molecule has 1 rings (SSSR count). The maximum atomic E-state index is 10.9. The fourth-order valence-corrected chi connectivity index (χ4v) is 2.15. The summed E-state index contributed by atoms with van der Waals surface area (Å²) in [6.45, 7) is 10.1. The predicted octanol–water partition coefficient (Wildman–Crippen LogP) is 2.73. The lowest BCUT2D eigenvalue weighted by atomic mass is 9.84. The van der Waals surface area contributed by atoms with Gasteiger partial charge >= 0.3 is 0 Å². The molecule has 1 aromatic heterocycles. The largest absolute Gasteiger partial charge is 0.493 e. The molecule has 0 bridgehead atoms. The van der Waals surface area contributed by atoms with Crippen molar-refractivity contribution in [2.75, 3.05) is 7.11 Å². The van der Waals surface area contributed by atoms with Crippen molar-refractivity contribution in [3.63, 3.8) is 0 Å². The Morgan fingerprint density at radius 2 is 2.00 bits per heavy atom. The Morgan fingerprint density at radius 3 is 2.35 bits per heavy atom. The first kappa shape index (κ1) is 14.0. The van der Waals surface area contributed by atoms with Crippen molar-refractivity contribution in [2.24, 2.45) is 5.92 Å². The summed E-state index contributed by atoms with van der Waals surface area (Å²) in [5.74, 6) is 0.771. The average molecular weight is 240 g/mol. The third kappa shape index (κ3) is 2.32. The second-order valence-corrected chi connectivity index (χ2v) is 5.03. The monoisotopic (exact) mass is 240 g/mol. The van der Waals surface area contributed by atoms with Crippen molar-refractivity contribution < 1.29 is 9.84 Å². The summed E-state index contributed by atoms with van der Waals surface area (Å²) in [6.07, 6.45) is 2.32. The second kappa shape index (κ2) is 5.08. The third-order valence-electron chi connectivity index (χ3n) is 3.38. The van der Waals surface area contributed by atoms with E-state index in [-0.39, 0.29) is 12.0 Å². The SMILES string of the molecule is CCC(O)(c1c(OC)cnn1C(C)C)C(C)C. The van der Waals surface area contributed by atoms with Crippen molar-refractivity contribution in [1.82, 2.24) is 9.78 Å². The molecule has 0 aromatic carbocycles. The third-order valence-corrected chi connectivity index (χ3v) is 3.38. The van der Waals surface area contributed by atoms with E-state index in [1.165, 1.54) is 0 Å². The minimum absolute atomic E-state index is 0.107. The van der Waals surface area contributed by atoms with Gasteiger partial charge in [-0.3, -0.25) is 4.68 Å². The Balaban J connectivity index is 3.39. The minimum Gasteiger partial charge on any atom is -0.493 e. The summed E-state index contributed by atoms with van der Waals surface area (Å²) < 4.78 is 7.18. The number of ether oxygens (including phenoxy) is 1. The molecule has 98 valence electrons. The molecule has 0 fully saturated rings. The van der Waals surface area contributed by atoms with Gasteiger partial charge in [-0.1, -0.05) is 20.8 Å². The topological polar surface area (TPSA) is 47.3 Å². The van der Waals surface area contributed by atoms with Gasteiger partial charge in [0, 0.05) is 6.04 Å². The van der Waals surface area contributed by atoms with E-state index in [2.05, 4.69) is 5.10 Å². The van der Waals surface area contributed by atoms with Crippen LogP contribution < -0.4 is 4.74 Å². The molecule has 0 aliphatic rings. The Bertz CT molecular complexity index is 371. The smallest absolute Gasteiger partial charge is 0.162 e. The second-order valence-electron chi connectivity index (χ2n) is 5.03. The van der Waals surface area contributed by atoms with Gasteiger partial charge in [0.2, 0.25) is 0 Å². The number of hydrogen-bond acceptors (Lipinski definition) is 3. The lowest BCUT2D eigenvalue weighted by Crippen LogP contribution is -2.35. The number of rotatable bonds is 5. The van der Waals surface area contributed by atoms with Crippen molar-refractivity contribution >= 4 is 0 Å². The molecule has 1 unspecified atom stereocenters. The summed E-state index contributed by atoms with van der Waals surface area (Å²) in [4.78, 5) is 0. The van der Waals surface area contributed by atoms with Crippen LogP contribution in [0.5, 0.6) is 5.75 Å². The van der Waals surface area contributed by atoms with E-state index in [0.29, 0.717) is 12.2 Å². The van der Waals surface area contributed by atoms with Crippen molar-refractivity contribution in [1.29, 1.82) is 0 Å². The van der Waals surface area contributed by atoms with E-state index < -0.39 is 5.60 Å². The van der Waals surface area contributed by atoms with Crippen LogP contribution in [0.1, 0.15) is 52.8 Å². The normalized spacial score (nSPS) is 15.4. The van der Waals surface area contributed by atoms with E-state index in [1.54, 1.807) is 13.3 Å². The number of hydrogen-bond donors (Lipinski definition) is 1. The number of aliphatic hydroxyl groups is 1. The molecule has 4 heteroatoms. The molecule has 4 nitrogen and oxygen atoms in total. The Hall–Kier alpha value is -1.03. The zero-order chi connectivity index (χ0) is 13.2. The van der Waals surface area contributed by atoms with Crippen molar-refractivity contribution in [3.05, 3.63) is 11.9 Å². The quantitative estimate of drug-likeness (QED) is 0.860. The van der Waals surface area contributed by atoms with E-state index in [4.69, 9.17) is 4.74 Å².